The topological polar surface area (TPSA) is 25.8 Å². The van der Waals surface area contributed by atoms with Gasteiger partial charge in [0, 0.05) is 5.56 Å². The van der Waals surface area contributed by atoms with Gasteiger partial charge in [-0.2, -0.15) is 10.2 Å². The number of hydrogen-bond acceptors (Lipinski definition) is 2. The molecule has 0 N–H and O–H groups in total. The Hall–Kier alpha value is -1.77. The van der Waals surface area contributed by atoms with Gasteiger partial charge in [-0.25, -0.2) is 4.39 Å². The number of nitrogens with zero attached hydrogens (tertiary/aromatic N) is 2. The second kappa shape index (κ2) is 9.96. The molecule has 2 aromatic rings. The van der Waals surface area contributed by atoms with E-state index >= 15 is 0 Å². The molecule has 0 saturated heterocycles. The highest BCUT2D eigenvalue weighted by atomic mass is 19.1. The minimum Gasteiger partial charge on any atom is -0.206 e. The minimum atomic E-state index is -0.229. The van der Waals surface area contributed by atoms with Crippen LogP contribution in [-0.2, 0) is 6.42 Å². The molecule has 0 aliphatic heterocycles. The maximum atomic E-state index is 14.1. The molecule has 1 fully saturated rings. The molecule has 1 saturated carbocycles. The standard InChI is InChI=1S/C24H33FN2/c1-3-4-5-6-19-8-10-20(11-9-19)12-13-21-14-16-24(27-26-21)22-15-7-18(2)17-23(22)25/h7,14-17,19-20H,3-6,8-13H2,1-2H3. The molecule has 1 aromatic heterocycles. The number of unbranched alkanes of at least 4 members (excludes halogenated alkanes) is 2. The Balaban J connectivity index is 1.46. The van der Waals surface area contributed by atoms with Crippen LogP contribution in [-0.4, -0.2) is 10.2 Å². The average Bonchev–Trinajstić information content (AvgIpc) is 2.68. The molecule has 3 heteroatoms. The summed E-state index contributed by atoms with van der Waals surface area (Å²) in [7, 11) is 0. The van der Waals surface area contributed by atoms with Gasteiger partial charge in [0.1, 0.15) is 5.82 Å². The van der Waals surface area contributed by atoms with Crippen LogP contribution in [0.1, 0.15) is 76.0 Å². The first-order valence-corrected chi connectivity index (χ1v) is 10.7. The molecule has 0 radical (unpaired) electrons. The van der Waals surface area contributed by atoms with Gasteiger partial charge in [0.15, 0.2) is 0 Å². The number of aryl methyl sites for hydroxylation is 2. The lowest BCUT2D eigenvalue weighted by molar-refractivity contribution is 0.248. The van der Waals surface area contributed by atoms with E-state index in [1.165, 1.54) is 57.8 Å². The predicted octanol–water partition coefficient (Wildman–Crippen LogP) is 6.91. The van der Waals surface area contributed by atoms with Gasteiger partial charge in [-0.15, -0.1) is 0 Å². The average molecular weight is 369 g/mol. The van der Waals surface area contributed by atoms with Crippen molar-refractivity contribution in [1.82, 2.24) is 10.2 Å². The van der Waals surface area contributed by atoms with Crippen LogP contribution in [0, 0.1) is 24.6 Å². The highest BCUT2D eigenvalue weighted by Gasteiger charge is 2.20. The van der Waals surface area contributed by atoms with Gasteiger partial charge in [-0.05, 0) is 61.4 Å². The number of rotatable bonds is 8. The van der Waals surface area contributed by atoms with Crippen LogP contribution in [0.2, 0.25) is 0 Å². The quantitative estimate of drug-likeness (QED) is 0.473. The van der Waals surface area contributed by atoms with Crippen molar-refractivity contribution in [3.05, 3.63) is 47.4 Å². The Morgan fingerprint density at radius 2 is 1.67 bits per heavy atom. The highest BCUT2D eigenvalue weighted by Crippen LogP contribution is 2.34. The van der Waals surface area contributed by atoms with Crippen LogP contribution in [0.4, 0.5) is 4.39 Å². The van der Waals surface area contributed by atoms with Crippen molar-refractivity contribution in [3.63, 3.8) is 0 Å². The summed E-state index contributed by atoms with van der Waals surface area (Å²) in [6.07, 6.45) is 13.3. The summed E-state index contributed by atoms with van der Waals surface area (Å²) in [4.78, 5) is 0. The van der Waals surface area contributed by atoms with Gasteiger partial charge < -0.3 is 0 Å². The van der Waals surface area contributed by atoms with Crippen LogP contribution in [0.5, 0.6) is 0 Å². The first-order valence-electron chi connectivity index (χ1n) is 10.7. The van der Waals surface area contributed by atoms with E-state index < -0.39 is 0 Å². The van der Waals surface area contributed by atoms with Gasteiger partial charge in [-0.3, -0.25) is 0 Å². The van der Waals surface area contributed by atoms with E-state index in [1.807, 2.05) is 25.1 Å². The summed E-state index contributed by atoms with van der Waals surface area (Å²) in [6, 6.07) is 9.15. The van der Waals surface area contributed by atoms with E-state index in [2.05, 4.69) is 17.1 Å². The monoisotopic (exact) mass is 368 g/mol. The van der Waals surface area contributed by atoms with E-state index in [-0.39, 0.29) is 5.82 Å². The van der Waals surface area contributed by atoms with Gasteiger partial charge in [0.25, 0.3) is 0 Å². The molecule has 0 unspecified atom stereocenters. The van der Waals surface area contributed by atoms with E-state index in [0.29, 0.717) is 11.3 Å². The lowest BCUT2D eigenvalue weighted by Crippen LogP contribution is -2.15. The molecule has 0 amide bonds. The minimum absolute atomic E-state index is 0.229. The molecule has 0 bridgehead atoms. The van der Waals surface area contributed by atoms with Crippen molar-refractivity contribution >= 4 is 0 Å². The smallest absolute Gasteiger partial charge is 0.132 e. The van der Waals surface area contributed by atoms with Crippen LogP contribution in [0.25, 0.3) is 11.3 Å². The van der Waals surface area contributed by atoms with Crippen LogP contribution < -0.4 is 0 Å². The van der Waals surface area contributed by atoms with E-state index in [0.717, 1.165) is 29.5 Å². The molecule has 146 valence electrons. The van der Waals surface area contributed by atoms with Gasteiger partial charge in [0.05, 0.1) is 11.4 Å². The van der Waals surface area contributed by atoms with Gasteiger partial charge >= 0.3 is 0 Å². The third-order valence-electron chi connectivity index (χ3n) is 6.11. The SMILES string of the molecule is CCCCCC1CCC(CCc2ccc(-c3ccc(C)cc3F)nn2)CC1. The van der Waals surface area contributed by atoms with Crippen LogP contribution in [0.3, 0.4) is 0 Å². The Morgan fingerprint density at radius 3 is 2.30 bits per heavy atom. The molecule has 1 aliphatic carbocycles. The summed E-state index contributed by atoms with van der Waals surface area (Å²) in [5.74, 6) is 1.58. The normalized spacial score (nSPS) is 20.0. The van der Waals surface area contributed by atoms with Crippen molar-refractivity contribution < 1.29 is 4.39 Å². The third-order valence-corrected chi connectivity index (χ3v) is 6.11. The Labute approximate surface area is 163 Å². The van der Waals surface area contributed by atoms with Crippen molar-refractivity contribution in [2.24, 2.45) is 11.8 Å². The molecule has 0 spiro atoms. The zero-order valence-corrected chi connectivity index (χ0v) is 16.9. The Bertz CT molecular complexity index is 703. The summed E-state index contributed by atoms with van der Waals surface area (Å²) < 4.78 is 14.1. The first-order chi connectivity index (χ1) is 13.2. The summed E-state index contributed by atoms with van der Waals surface area (Å²) in [6.45, 7) is 4.17. The molecule has 27 heavy (non-hydrogen) atoms. The maximum absolute atomic E-state index is 14.1. The van der Waals surface area contributed by atoms with Crippen molar-refractivity contribution in [2.75, 3.05) is 0 Å². The molecule has 2 nitrogen and oxygen atoms in total. The van der Waals surface area contributed by atoms with E-state index in [9.17, 15) is 4.39 Å². The van der Waals surface area contributed by atoms with Crippen LogP contribution in [0.15, 0.2) is 30.3 Å². The largest absolute Gasteiger partial charge is 0.206 e. The molecule has 1 aliphatic rings. The number of hydrogen-bond donors (Lipinski definition) is 0. The fourth-order valence-electron chi connectivity index (χ4n) is 4.31. The first kappa shape index (κ1) is 20.0. The van der Waals surface area contributed by atoms with Crippen LogP contribution >= 0.6 is 0 Å². The van der Waals surface area contributed by atoms with E-state index in [1.54, 1.807) is 12.1 Å². The second-order valence-corrected chi connectivity index (χ2v) is 8.31. The Kier molecular flexibility index (Phi) is 7.37. The number of halogens is 1. The number of benzene rings is 1. The maximum Gasteiger partial charge on any atom is 0.132 e. The van der Waals surface area contributed by atoms with Gasteiger partial charge in [-0.1, -0.05) is 64.4 Å². The summed E-state index contributed by atoms with van der Waals surface area (Å²) in [5.41, 5.74) is 3.09. The molecule has 3 rings (SSSR count). The summed E-state index contributed by atoms with van der Waals surface area (Å²) >= 11 is 0. The second-order valence-electron chi connectivity index (χ2n) is 8.31. The summed E-state index contributed by atoms with van der Waals surface area (Å²) in [5, 5.41) is 8.62. The van der Waals surface area contributed by atoms with Crippen molar-refractivity contribution in [3.8, 4) is 11.3 Å². The lowest BCUT2D eigenvalue weighted by Gasteiger charge is -2.28. The highest BCUT2D eigenvalue weighted by molar-refractivity contribution is 5.59. The number of aromatic nitrogens is 2. The van der Waals surface area contributed by atoms with Crippen molar-refractivity contribution in [2.45, 2.75) is 78.1 Å². The van der Waals surface area contributed by atoms with E-state index in [4.69, 9.17) is 0 Å². The predicted molar refractivity (Wildman–Crippen MR) is 110 cm³/mol. The fourth-order valence-corrected chi connectivity index (χ4v) is 4.31. The molecule has 0 atom stereocenters. The van der Waals surface area contributed by atoms with Gasteiger partial charge in [0.2, 0.25) is 0 Å². The molecular weight excluding hydrogens is 335 g/mol. The Morgan fingerprint density at radius 1 is 0.926 bits per heavy atom. The third kappa shape index (κ3) is 5.85. The molecular formula is C24H33FN2. The van der Waals surface area contributed by atoms with Crippen molar-refractivity contribution in [1.29, 1.82) is 0 Å². The zero-order chi connectivity index (χ0) is 19.1. The molecule has 1 heterocycles. The molecule has 1 aromatic carbocycles. The lowest BCUT2D eigenvalue weighted by atomic mass is 9.78. The zero-order valence-electron chi connectivity index (χ0n) is 16.9. The fraction of sp³-hybridized carbons (Fsp3) is 0.583.